The maximum absolute atomic E-state index is 5.99. The Labute approximate surface area is 85.9 Å². The van der Waals surface area contributed by atoms with Crippen LogP contribution >= 0.6 is 23.4 Å². The first-order valence-corrected chi connectivity index (χ1v) is 5.45. The SMILES string of the molecule is COCc1nc(Cl)c2c(n1)CSC2. The van der Waals surface area contributed by atoms with Gasteiger partial charge in [-0.2, -0.15) is 11.8 Å². The molecule has 70 valence electrons. The van der Waals surface area contributed by atoms with Crippen molar-refractivity contribution in [2.45, 2.75) is 18.1 Å². The molecule has 1 aliphatic rings. The van der Waals surface area contributed by atoms with Crippen molar-refractivity contribution in [1.29, 1.82) is 0 Å². The Morgan fingerprint density at radius 2 is 2.31 bits per heavy atom. The van der Waals surface area contributed by atoms with Crippen LogP contribution in [0.1, 0.15) is 17.1 Å². The van der Waals surface area contributed by atoms with Gasteiger partial charge in [-0.1, -0.05) is 11.6 Å². The van der Waals surface area contributed by atoms with Crippen molar-refractivity contribution in [2.75, 3.05) is 7.11 Å². The van der Waals surface area contributed by atoms with E-state index in [0.717, 1.165) is 22.8 Å². The quantitative estimate of drug-likeness (QED) is 0.709. The number of rotatable bonds is 2. The summed E-state index contributed by atoms with van der Waals surface area (Å²) in [7, 11) is 1.62. The van der Waals surface area contributed by atoms with E-state index < -0.39 is 0 Å². The summed E-state index contributed by atoms with van der Waals surface area (Å²) in [6, 6.07) is 0. The minimum atomic E-state index is 0.428. The first-order chi connectivity index (χ1) is 6.31. The summed E-state index contributed by atoms with van der Waals surface area (Å²) in [5.74, 6) is 2.55. The number of hydrogen-bond donors (Lipinski definition) is 0. The van der Waals surface area contributed by atoms with Crippen LogP contribution < -0.4 is 0 Å². The van der Waals surface area contributed by atoms with E-state index >= 15 is 0 Å². The van der Waals surface area contributed by atoms with E-state index in [9.17, 15) is 0 Å². The smallest absolute Gasteiger partial charge is 0.156 e. The van der Waals surface area contributed by atoms with Gasteiger partial charge in [0.1, 0.15) is 11.8 Å². The standard InChI is InChI=1S/C8H9ClN2OS/c1-12-2-7-10-6-4-13-3-5(6)8(9)11-7/h2-4H2,1H3. The highest BCUT2D eigenvalue weighted by Crippen LogP contribution is 2.32. The highest BCUT2D eigenvalue weighted by atomic mass is 35.5. The lowest BCUT2D eigenvalue weighted by Gasteiger charge is -2.03. The highest BCUT2D eigenvalue weighted by Gasteiger charge is 2.18. The van der Waals surface area contributed by atoms with Crippen LogP contribution in [0.5, 0.6) is 0 Å². The average Bonchev–Trinajstić information content (AvgIpc) is 2.53. The molecule has 1 aromatic rings. The molecule has 0 saturated carbocycles. The summed E-state index contributed by atoms with van der Waals surface area (Å²) in [4.78, 5) is 8.51. The fourth-order valence-electron chi connectivity index (χ4n) is 1.25. The Balaban J connectivity index is 2.37. The van der Waals surface area contributed by atoms with Gasteiger partial charge in [0.15, 0.2) is 5.82 Å². The average molecular weight is 217 g/mol. The van der Waals surface area contributed by atoms with Crippen LogP contribution in [0.3, 0.4) is 0 Å². The number of nitrogens with zero attached hydrogens (tertiary/aromatic N) is 2. The second kappa shape index (κ2) is 3.82. The lowest BCUT2D eigenvalue weighted by Crippen LogP contribution is -2.02. The molecule has 1 aliphatic heterocycles. The Morgan fingerprint density at radius 3 is 3.08 bits per heavy atom. The summed E-state index contributed by atoms with van der Waals surface area (Å²) in [5, 5.41) is 0.585. The lowest BCUT2D eigenvalue weighted by atomic mass is 10.3. The van der Waals surface area contributed by atoms with Gasteiger partial charge in [-0.3, -0.25) is 0 Å². The molecule has 1 aromatic heterocycles. The topological polar surface area (TPSA) is 35.0 Å². The molecule has 0 amide bonds. The van der Waals surface area contributed by atoms with Gasteiger partial charge in [0.25, 0.3) is 0 Å². The van der Waals surface area contributed by atoms with E-state index in [1.807, 2.05) is 11.8 Å². The molecule has 0 aromatic carbocycles. The van der Waals surface area contributed by atoms with E-state index in [-0.39, 0.29) is 0 Å². The molecule has 0 radical (unpaired) electrons. The minimum Gasteiger partial charge on any atom is -0.377 e. The first kappa shape index (κ1) is 9.24. The van der Waals surface area contributed by atoms with E-state index in [1.165, 1.54) is 0 Å². The summed E-state index contributed by atoms with van der Waals surface area (Å²) in [5.41, 5.74) is 2.16. The molecule has 0 unspecified atom stereocenters. The predicted molar refractivity (Wildman–Crippen MR) is 52.8 cm³/mol. The van der Waals surface area contributed by atoms with Crippen molar-refractivity contribution in [3.63, 3.8) is 0 Å². The Kier molecular flexibility index (Phi) is 2.71. The van der Waals surface area contributed by atoms with Gasteiger partial charge >= 0.3 is 0 Å². The predicted octanol–water partition coefficient (Wildman–Crippen LogP) is 2.02. The Hall–Kier alpha value is -0.320. The molecule has 0 N–H and O–H groups in total. The van der Waals surface area contributed by atoms with E-state index in [0.29, 0.717) is 17.6 Å². The van der Waals surface area contributed by atoms with Crippen LogP contribution in [0.25, 0.3) is 0 Å². The van der Waals surface area contributed by atoms with Crippen molar-refractivity contribution in [1.82, 2.24) is 9.97 Å². The molecule has 0 spiro atoms. The molecule has 5 heteroatoms. The van der Waals surface area contributed by atoms with Crippen molar-refractivity contribution in [3.05, 3.63) is 22.2 Å². The molecular formula is C8H9ClN2OS. The zero-order valence-electron chi connectivity index (χ0n) is 7.21. The summed E-state index contributed by atoms with van der Waals surface area (Å²) < 4.78 is 4.95. The maximum atomic E-state index is 5.99. The summed E-state index contributed by atoms with van der Waals surface area (Å²) in [6.07, 6.45) is 0. The van der Waals surface area contributed by atoms with E-state index in [4.69, 9.17) is 16.3 Å². The molecule has 0 fully saturated rings. The Bertz CT molecular complexity index is 332. The number of methoxy groups -OCH3 is 1. The van der Waals surface area contributed by atoms with Crippen LogP contribution in [0.15, 0.2) is 0 Å². The van der Waals surface area contributed by atoms with Gasteiger partial charge in [-0.25, -0.2) is 9.97 Å². The number of halogens is 1. The van der Waals surface area contributed by atoms with Gasteiger partial charge in [0.05, 0.1) is 5.69 Å². The fraction of sp³-hybridized carbons (Fsp3) is 0.500. The zero-order chi connectivity index (χ0) is 9.26. The van der Waals surface area contributed by atoms with Crippen LogP contribution in [0, 0.1) is 0 Å². The highest BCUT2D eigenvalue weighted by molar-refractivity contribution is 7.98. The van der Waals surface area contributed by atoms with Gasteiger partial charge < -0.3 is 4.74 Å². The number of ether oxygens (including phenoxy) is 1. The normalized spacial score (nSPS) is 14.6. The zero-order valence-corrected chi connectivity index (χ0v) is 8.78. The van der Waals surface area contributed by atoms with Crippen molar-refractivity contribution in [2.24, 2.45) is 0 Å². The number of aromatic nitrogens is 2. The van der Waals surface area contributed by atoms with Crippen molar-refractivity contribution >= 4 is 23.4 Å². The van der Waals surface area contributed by atoms with E-state index in [2.05, 4.69) is 9.97 Å². The van der Waals surface area contributed by atoms with Gasteiger partial charge in [0, 0.05) is 24.2 Å². The molecule has 13 heavy (non-hydrogen) atoms. The molecular weight excluding hydrogens is 208 g/mol. The number of thioether (sulfide) groups is 1. The number of fused-ring (bicyclic) bond motifs is 1. The third kappa shape index (κ3) is 1.80. The van der Waals surface area contributed by atoms with Crippen LogP contribution in [0.2, 0.25) is 5.15 Å². The van der Waals surface area contributed by atoms with Crippen LogP contribution in [-0.2, 0) is 22.8 Å². The third-order valence-electron chi connectivity index (χ3n) is 1.85. The molecule has 0 aliphatic carbocycles. The second-order valence-corrected chi connectivity index (χ2v) is 4.13. The summed E-state index contributed by atoms with van der Waals surface area (Å²) in [6.45, 7) is 0.428. The van der Waals surface area contributed by atoms with Crippen molar-refractivity contribution < 1.29 is 4.74 Å². The van der Waals surface area contributed by atoms with E-state index in [1.54, 1.807) is 7.11 Å². The number of hydrogen-bond acceptors (Lipinski definition) is 4. The molecule has 0 saturated heterocycles. The van der Waals surface area contributed by atoms with Gasteiger partial charge in [0.2, 0.25) is 0 Å². The van der Waals surface area contributed by atoms with Crippen molar-refractivity contribution in [3.8, 4) is 0 Å². The van der Waals surface area contributed by atoms with Gasteiger partial charge in [-0.15, -0.1) is 0 Å². The molecule has 0 atom stereocenters. The second-order valence-electron chi connectivity index (χ2n) is 2.78. The minimum absolute atomic E-state index is 0.428. The fourth-order valence-corrected chi connectivity index (χ4v) is 2.65. The maximum Gasteiger partial charge on any atom is 0.156 e. The third-order valence-corrected chi connectivity index (χ3v) is 3.13. The van der Waals surface area contributed by atoms with Gasteiger partial charge in [-0.05, 0) is 0 Å². The molecule has 0 bridgehead atoms. The lowest BCUT2D eigenvalue weighted by molar-refractivity contribution is 0.177. The van der Waals surface area contributed by atoms with Crippen LogP contribution in [-0.4, -0.2) is 17.1 Å². The molecule has 3 nitrogen and oxygen atoms in total. The summed E-state index contributed by atoms with van der Waals surface area (Å²) >= 11 is 7.81. The first-order valence-electron chi connectivity index (χ1n) is 3.92. The monoisotopic (exact) mass is 216 g/mol. The molecule has 2 heterocycles. The largest absolute Gasteiger partial charge is 0.377 e. The Morgan fingerprint density at radius 1 is 1.46 bits per heavy atom. The molecule has 2 rings (SSSR count). The van der Waals surface area contributed by atoms with Crippen LogP contribution in [0.4, 0.5) is 0 Å².